The van der Waals surface area contributed by atoms with Gasteiger partial charge in [-0.3, -0.25) is 19.0 Å². The van der Waals surface area contributed by atoms with Gasteiger partial charge in [-0.2, -0.15) is 4.37 Å². The van der Waals surface area contributed by atoms with E-state index >= 15 is 0 Å². The third kappa shape index (κ3) is 3.37. The van der Waals surface area contributed by atoms with Crippen LogP contribution < -0.4 is 21.3 Å². The van der Waals surface area contributed by atoms with Gasteiger partial charge in [0.25, 0.3) is 11.5 Å². The maximum atomic E-state index is 12.4. The van der Waals surface area contributed by atoms with Gasteiger partial charge in [-0.1, -0.05) is 11.6 Å². The van der Waals surface area contributed by atoms with Crippen molar-refractivity contribution in [2.45, 2.75) is 6.54 Å². The standard InChI is InChI=1S/C15H12ClN5O4S/c1-25-9-3-2-7(4-8(9)16)19-10(22)5-21-6-18-11-12(14(17)23)20-26-13(11)15(21)24/h2-4,6H,5H2,1H3,(H2,17,23)(H,19,22). The molecule has 0 bridgehead atoms. The van der Waals surface area contributed by atoms with Crippen LogP contribution in [0.1, 0.15) is 10.5 Å². The molecule has 2 heterocycles. The zero-order chi connectivity index (χ0) is 18.8. The molecule has 0 aliphatic heterocycles. The van der Waals surface area contributed by atoms with Crippen molar-refractivity contribution in [3.8, 4) is 5.75 Å². The minimum atomic E-state index is -0.768. The molecule has 0 unspecified atom stereocenters. The minimum Gasteiger partial charge on any atom is -0.495 e. The molecule has 0 spiro atoms. The van der Waals surface area contributed by atoms with E-state index in [1.807, 2.05) is 0 Å². The van der Waals surface area contributed by atoms with Crippen LogP contribution >= 0.6 is 23.1 Å². The third-order valence-electron chi connectivity index (χ3n) is 3.43. The summed E-state index contributed by atoms with van der Waals surface area (Å²) >= 11 is 6.82. The van der Waals surface area contributed by atoms with Crippen molar-refractivity contribution < 1.29 is 14.3 Å². The number of methoxy groups -OCH3 is 1. The topological polar surface area (TPSA) is 129 Å². The van der Waals surface area contributed by atoms with Crippen LogP contribution in [0.15, 0.2) is 29.3 Å². The van der Waals surface area contributed by atoms with E-state index in [0.29, 0.717) is 16.5 Å². The number of anilines is 1. The fourth-order valence-electron chi connectivity index (χ4n) is 2.23. The van der Waals surface area contributed by atoms with E-state index in [4.69, 9.17) is 22.1 Å². The van der Waals surface area contributed by atoms with Crippen molar-refractivity contribution >= 4 is 50.9 Å². The van der Waals surface area contributed by atoms with Crippen molar-refractivity contribution in [3.05, 3.63) is 45.6 Å². The fraction of sp³-hybridized carbons (Fsp3) is 0.133. The van der Waals surface area contributed by atoms with Crippen LogP contribution in [0.4, 0.5) is 5.69 Å². The predicted molar refractivity (Wildman–Crippen MR) is 96.8 cm³/mol. The fourth-order valence-corrected chi connectivity index (χ4v) is 3.28. The number of primary amides is 1. The lowest BCUT2D eigenvalue weighted by atomic mass is 10.3. The van der Waals surface area contributed by atoms with Gasteiger partial charge in [-0.15, -0.1) is 0 Å². The van der Waals surface area contributed by atoms with Gasteiger partial charge in [0.05, 0.1) is 18.5 Å². The lowest BCUT2D eigenvalue weighted by Crippen LogP contribution is -2.27. The molecule has 0 atom stereocenters. The molecule has 0 radical (unpaired) electrons. The molecule has 11 heteroatoms. The highest BCUT2D eigenvalue weighted by Gasteiger charge is 2.17. The Morgan fingerprint density at radius 3 is 2.85 bits per heavy atom. The smallest absolute Gasteiger partial charge is 0.273 e. The summed E-state index contributed by atoms with van der Waals surface area (Å²) in [6.45, 7) is -0.269. The minimum absolute atomic E-state index is 0.0634. The maximum absolute atomic E-state index is 12.4. The third-order valence-corrected chi connectivity index (χ3v) is 4.55. The molecule has 0 fully saturated rings. The molecule has 0 aliphatic carbocycles. The molecule has 2 amide bonds. The first-order valence-electron chi connectivity index (χ1n) is 7.18. The number of rotatable bonds is 5. The van der Waals surface area contributed by atoms with Crippen LogP contribution in [0.25, 0.3) is 10.2 Å². The number of nitrogens with two attached hydrogens (primary N) is 1. The number of aromatic nitrogens is 3. The molecule has 0 saturated carbocycles. The van der Waals surface area contributed by atoms with Crippen LogP contribution in [-0.4, -0.2) is 32.8 Å². The number of benzene rings is 1. The lowest BCUT2D eigenvalue weighted by molar-refractivity contribution is -0.116. The second kappa shape index (κ2) is 7.10. The average molecular weight is 394 g/mol. The molecule has 0 saturated heterocycles. The molecule has 2 aromatic heterocycles. The number of halogens is 1. The van der Waals surface area contributed by atoms with Gasteiger partial charge in [-0.25, -0.2) is 4.98 Å². The number of amides is 2. The summed E-state index contributed by atoms with van der Waals surface area (Å²) in [6.07, 6.45) is 1.17. The highest BCUT2D eigenvalue weighted by Crippen LogP contribution is 2.27. The average Bonchev–Trinajstić information content (AvgIpc) is 3.02. The number of nitrogens with one attached hydrogen (secondary N) is 1. The highest BCUT2D eigenvalue weighted by molar-refractivity contribution is 7.13. The van der Waals surface area contributed by atoms with E-state index in [2.05, 4.69) is 14.7 Å². The second-order valence-electron chi connectivity index (χ2n) is 5.15. The Morgan fingerprint density at radius 2 is 2.19 bits per heavy atom. The van der Waals surface area contributed by atoms with Crippen molar-refractivity contribution in [1.29, 1.82) is 0 Å². The number of fused-ring (bicyclic) bond motifs is 1. The molecule has 134 valence electrons. The van der Waals surface area contributed by atoms with Gasteiger partial charge in [0.15, 0.2) is 5.69 Å². The van der Waals surface area contributed by atoms with Gasteiger partial charge in [0.2, 0.25) is 5.91 Å². The SMILES string of the molecule is COc1ccc(NC(=O)Cn2cnc3c(C(N)=O)nsc3c2=O)cc1Cl. The Balaban J connectivity index is 1.81. The molecule has 1 aromatic carbocycles. The lowest BCUT2D eigenvalue weighted by Gasteiger charge is -2.09. The summed E-state index contributed by atoms with van der Waals surface area (Å²) in [6, 6.07) is 4.76. The van der Waals surface area contributed by atoms with E-state index in [-0.39, 0.29) is 22.5 Å². The summed E-state index contributed by atoms with van der Waals surface area (Å²) in [5, 5.41) is 2.97. The number of carbonyl (C=O) groups excluding carboxylic acids is 2. The largest absolute Gasteiger partial charge is 0.495 e. The van der Waals surface area contributed by atoms with E-state index in [9.17, 15) is 14.4 Å². The number of hydrogen-bond acceptors (Lipinski definition) is 7. The van der Waals surface area contributed by atoms with Crippen molar-refractivity contribution in [2.24, 2.45) is 5.73 Å². The highest BCUT2D eigenvalue weighted by atomic mass is 35.5. The molecule has 3 rings (SSSR count). The Labute approximate surface area is 155 Å². The summed E-state index contributed by atoms with van der Waals surface area (Å²) in [5.41, 5.74) is 5.22. The number of hydrogen-bond donors (Lipinski definition) is 2. The first kappa shape index (κ1) is 17.8. The van der Waals surface area contributed by atoms with Crippen LogP contribution in [0.5, 0.6) is 5.75 Å². The van der Waals surface area contributed by atoms with Gasteiger partial charge in [-0.05, 0) is 29.7 Å². The maximum Gasteiger partial charge on any atom is 0.273 e. The summed E-state index contributed by atoms with van der Waals surface area (Å²) in [4.78, 5) is 39.9. The van der Waals surface area contributed by atoms with E-state index < -0.39 is 17.4 Å². The molecule has 0 aliphatic rings. The van der Waals surface area contributed by atoms with Crippen LogP contribution in [0.2, 0.25) is 5.02 Å². The van der Waals surface area contributed by atoms with Gasteiger partial charge in [0.1, 0.15) is 22.5 Å². The van der Waals surface area contributed by atoms with Crippen molar-refractivity contribution in [2.75, 3.05) is 12.4 Å². The Morgan fingerprint density at radius 1 is 1.42 bits per heavy atom. The van der Waals surface area contributed by atoms with E-state index in [1.54, 1.807) is 12.1 Å². The number of ether oxygens (including phenoxy) is 1. The first-order chi connectivity index (χ1) is 12.4. The van der Waals surface area contributed by atoms with Crippen LogP contribution in [0.3, 0.4) is 0 Å². The van der Waals surface area contributed by atoms with Crippen molar-refractivity contribution in [3.63, 3.8) is 0 Å². The number of carbonyl (C=O) groups is 2. The van der Waals surface area contributed by atoms with E-state index in [0.717, 1.165) is 16.1 Å². The van der Waals surface area contributed by atoms with Gasteiger partial charge in [0, 0.05) is 5.69 Å². The molecular weight excluding hydrogens is 382 g/mol. The molecular formula is C15H12ClN5O4S. The van der Waals surface area contributed by atoms with Crippen LogP contribution in [-0.2, 0) is 11.3 Å². The predicted octanol–water partition coefficient (Wildman–Crippen LogP) is 1.25. The second-order valence-corrected chi connectivity index (χ2v) is 6.33. The van der Waals surface area contributed by atoms with E-state index in [1.165, 1.54) is 19.5 Å². The summed E-state index contributed by atoms with van der Waals surface area (Å²) in [5.74, 6) is -0.741. The molecule has 3 N–H and O–H groups in total. The summed E-state index contributed by atoms with van der Waals surface area (Å²) in [7, 11) is 1.48. The Bertz CT molecular complexity index is 1080. The first-order valence-corrected chi connectivity index (χ1v) is 8.34. The Kier molecular flexibility index (Phi) is 4.87. The zero-order valence-corrected chi connectivity index (χ0v) is 14.9. The number of nitrogens with zero attached hydrogens (tertiary/aromatic N) is 3. The van der Waals surface area contributed by atoms with Gasteiger partial charge < -0.3 is 15.8 Å². The molecule has 26 heavy (non-hydrogen) atoms. The summed E-state index contributed by atoms with van der Waals surface area (Å²) < 4.78 is 10.1. The van der Waals surface area contributed by atoms with Crippen molar-refractivity contribution in [1.82, 2.24) is 13.9 Å². The Hall–Kier alpha value is -2.98. The monoisotopic (exact) mass is 393 g/mol. The molecule has 9 nitrogen and oxygen atoms in total. The zero-order valence-electron chi connectivity index (χ0n) is 13.4. The van der Waals surface area contributed by atoms with Gasteiger partial charge >= 0.3 is 0 Å². The molecule has 3 aromatic rings. The quantitative estimate of drug-likeness (QED) is 0.671. The van der Waals surface area contributed by atoms with Crippen LogP contribution in [0, 0.1) is 0 Å². The normalized spacial score (nSPS) is 10.7.